The second kappa shape index (κ2) is 9.84. The van der Waals surface area contributed by atoms with Crippen molar-refractivity contribution in [1.29, 1.82) is 0 Å². The molecule has 0 atom stereocenters. The highest BCUT2D eigenvalue weighted by atomic mass is 16.5. The quantitative estimate of drug-likeness (QED) is 0.386. The van der Waals surface area contributed by atoms with Gasteiger partial charge in [-0.25, -0.2) is 4.98 Å². The molecule has 1 aliphatic heterocycles. The van der Waals surface area contributed by atoms with Crippen molar-refractivity contribution < 1.29 is 18.6 Å². The van der Waals surface area contributed by atoms with E-state index in [0.717, 1.165) is 55.2 Å². The average molecular weight is 475 g/mol. The van der Waals surface area contributed by atoms with Crippen LogP contribution < -0.4 is 19.1 Å². The SMILES string of the molecule is COc1cc(-c2nc(CN3CCN(c4cc(C)nc5ccccc45)CC3)co2)cc(OC)c1OC. The van der Waals surface area contributed by atoms with Crippen LogP contribution in [0.15, 0.2) is 53.1 Å². The number of piperazine rings is 1. The lowest BCUT2D eigenvalue weighted by molar-refractivity contribution is 0.247. The van der Waals surface area contributed by atoms with E-state index in [1.165, 1.54) is 11.1 Å². The molecule has 0 amide bonds. The molecular weight excluding hydrogens is 444 g/mol. The summed E-state index contributed by atoms with van der Waals surface area (Å²) in [5.74, 6) is 2.20. The molecule has 35 heavy (non-hydrogen) atoms. The third kappa shape index (κ3) is 4.61. The Morgan fingerprint density at radius 1 is 0.886 bits per heavy atom. The summed E-state index contributed by atoms with van der Waals surface area (Å²) in [5, 5.41) is 1.21. The molecule has 3 heterocycles. The fourth-order valence-electron chi connectivity index (χ4n) is 4.64. The Hall–Kier alpha value is -3.78. The fraction of sp³-hybridized carbons (Fsp3) is 0.333. The maximum Gasteiger partial charge on any atom is 0.226 e. The van der Waals surface area contributed by atoms with Crippen LogP contribution in [0.2, 0.25) is 0 Å². The predicted molar refractivity (Wildman–Crippen MR) is 136 cm³/mol. The monoisotopic (exact) mass is 474 g/mol. The third-order valence-corrected chi connectivity index (χ3v) is 6.38. The van der Waals surface area contributed by atoms with Crippen LogP contribution in [0.25, 0.3) is 22.4 Å². The van der Waals surface area contributed by atoms with Gasteiger partial charge in [-0.1, -0.05) is 18.2 Å². The molecule has 1 aliphatic rings. The second-order valence-electron chi connectivity index (χ2n) is 8.62. The van der Waals surface area contributed by atoms with E-state index in [4.69, 9.17) is 23.6 Å². The van der Waals surface area contributed by atoms with Gasteiger partial charge in [-0.3, -0.25) is 9.88 Å². The lowest BCUT2D eigenvalue weighted by Crippen LogP contribution is -2.46. The van der Waals surface area contributed by atoms with Gasteiger partial charge in [-0.2, -0.15) is 0 Å². The van der Waals surface area contributed by atoms with Gasteiger partial charge < -0.3 is 23.5 Å². The standard InChI is InChI=1S/C27H30N4O4/c1-18-13-23(21-7-5-6-8-22(21)28-18)31-11-9-30(10-12-31)16-20-17-35-27(29-20)19-14-24(32-2)26(34-4)25(15-19)33-3/h5-8,13-15,17H,9-12,16H2,1-4H3. The number of oxazole rings is 1. The summed E-state index contributed by atoms with van der Waals surface area (Å²) in [6.45, 7) is 6.58. The van der Waals surface area contributed by atoms with Crippen LogP contribution in [0.5, 0.6) is 17.2 Å². The zero-order valence-electron chi connectivity index (χ0n) is 20.6. The Morgan fingerprint density at radius 2 is 1.60 bits per heavy atom. The first kappa shape index (κ1) is 23.0. The number of pyridine rings is 1. The van der Waals surface area contributed by atoms with Gasteiger partial charge in [0, 0.05) is 55.1 Å². The zero-order valence-corrected chi connectivity index (χ0v) is 20.6. The number of aromatic nitrogens is 2. The Bertz CT molecular complexity index is 1300. The Morgan fingerprint density at radius 3 is 2.29 bits per heavy atom. The van der Waals surface area contributed by atoms with Crippen LogP contribution in [-0.4, -0.2) is 62.4 Å². The Labute approximate surface area is 205 Å². The summed E-state index contributed by atoms with van der Waals surface area (Å²) >= 11 is 0. The lowest BCUT2D eigenvalue weighted by Gasteiger charge is -2.36. The van der Waals surface area contributed by atoms with Crippen molar-refractivity contribution in [2.75, 3.05) is 52.4 Å². The molecule has 0 radical (unpaired) electrons. The van der Waals surface area contributed by atoms with Crippen molar-refractivity contribution in [2.45, 2.75) is 13.5 Å². The van der Waals surface area contributed by atoms with E-state index < -0.39 is 0 Å². The van der Waals surface area contributed by atoms with Gasteiger partial charge in [0.05, 0.1) is 32.5 Å². The minimum absolute atomic E-state index is 0.525. The third-order valence-electron chi connectivity index (χ3n) is 6.38. The number of hydrogen-bond donors (Lipinski definition) is 0. The van der Waals surface area contributed by atoms with Crippen LogP contribution in [0.1, 0.15) is 11.4 Å². The van der Waals surface area contributed by atoms with E-state index >= 15 is 0 Å². The average Bonchev–Trinajstić information content (AvgIpc) is 3.36. The van der Waals surface area contributed by atoms with Crippen molar-refractivity contribution in [3.63, 3.8) is 0 Å². The van der Waals surface area contributed by atoms with E-state index in [0.29, 0.717) is 23.1 Å². The number of rotatable bonds is 7. The smallest absolute Gasteiger partial charge is 0.226 e. The molecular formula is C27H30N4O4. The van der Waals surface area contributed by atoms with Crippen LogP contribution in [-0.2, 0) is 6.54 Å². The number of methoxy groups -OCH3 is 3. The van der Waals surface area contributed by atoms with Gasteiger partial charge in [0.25, 0.3) is 0 Å². The molecule has 0 spiro atoms. The molecule has 2 aromatic heterocycles. The second-order valence-corrected chi connectivity index (χ2v) is 8.62. The number of fused-ring (bicyclic) bond motifs is 1. The van der Waals surface area contributed by atoms with Crippen molar-refractivity contribution in [2.24, 2.45) is 0 Å². The van der Waals surface area contributed by atoms with Crippen LogP contribution in [0, 0.1) is 6.92 Å². The number of hydrogen-bond acceptors (Lipinski definition) is 8. The van der Waals surface area contributed by atoms with Gasteiger partial charge in [0.15, 0.2) is 11.5 Å². The first-order valence-corrected chi connectivity index (χ1v) is 11.7. The Balaban J connectivity index is 1.28. The summed E-state index contributed by atoms with van der Waals surface area (Å²) in [4.78, 5) is 14.3. The predicted octanol–water partition coefficient (Wildman–Crippen LogP) is 4.55. The topological polar surface area (TPSA) is 73.1 Å². The van der Waals surface area contributed by atoms with Crippen molar-refractivity contribution in [3.05, 3.63) is 60.1 Å². The fourth-order valence-corrected chi connectivity index (χ4v) is 4.64. The van der Waals surface area contributed by atoms with Gasteiger partial charge in [0.2, 0.25) is 11.6 Å². The molecule has 5 rings (SSSR count). The number of aryl methyl sites for hydroxylation is 1. The van der Waals surface area contributed by atoms with Crippen LogP contribution >= 0.6 is 0 Å². The highest BCUT2D eigenvalue weighted by Crippen LogP contribution is 2.41. The summed E-state index contributed by atoms with van der Waals surface area (Å²) in [6, 6.07) is 14.2. The maximum absolute atomic E-state index is 5.81. The molecule has 4 aromatic rings. The molecule has 0 saturated carbocycles. The summed E-state index contributed by atoms with van der Waals surface area (Å²) in [7, 11) is 4.77. The van der Waals surface area contributed by atoms with E-state index in [1.54, 1.807) is 27.6 Å². The number of para-hydroxylation sites is 1. The first-order valence-electron chi connectivity index (χ1n) is 11.7. The molecule has 0 aliphatic carbocycles. The molecule has 8 nitrogen and oxygen atoms in total. The summed E-state index contributed by atoms with van der Waals surface area (Å²) < 4.78 is 22.1. The minimum Gasteiger partial charge on any atom is -0.493 e. The van der Waals surface area contributed by atoms with Gasteiger partial charge in [-0.15, -0.1) is 0 Å². The van der Waals surface area contributed by atoms with E-state index in [9.17, 15) is 0 Å². The van der Waals surface area contributed by atoms with Gasteiger partial charge in [-0.05, 0) is 31.2 Å². The van der Waals surface area contributed by atoms with Crippen LogP contribution in [0.3, 0.4) is 0 Å². The summed E-state index contributed by atoms with van der Waals surface area (Å²) in [5.41, 5.74) is 5.02. The molecule has 0 unspecified atom stereocenters. The maximum atomic E-state index is 5.81. The number of ether oxygens (including phenoxy) is 3. The molecule has 8 heteroatoms. The number of benzene rings is 2. The van der Waals surface area contributed by atoms with Gasteiger partial charge in [0.1, 0.15) is 6.26 Å². The van der Waals surface area contributed by atoms with E-state index in [-0.39, 0.29) is 0 Å². The van der Waals surface area contributed by atoms with Crippen molar-refractivity contribution in [3.8, 4) is 28.7 Å². The van der Waals surface area contributed by atoms with Crippen molar-refractivity contribution >= 4 is 16.6 Å². The molecule has 2 aromatic carbocycles. The lowest BCUT2D eigenvalue weighted by atomic mass is 10.1. The summed E-state index contributed by atoms with van der Waals surface area (Å²) in [6.07, 6.45) is 1.73. The number of nitrogens with zero attached hydrogens (tertiary/aromatic N) is 4. The highest BCUT2D eigenvalue weighted by molar-refractivity contribution is 5.92. The zero-order chi connectivity index (χ0) is 24.4. The molecule has 0 N–H and O–H groups in total. The molecule has 0 bridgehead atoms. The first-order chi connectivity index (χ1) is 17.1. The normalized spacial score (nSPS) is 14.3. The van der Waals surface area contributed by atoms with E-state index in [2.05, 4.69) is 46.0 Å². The van der Waals surface area contributed by atoms with E-state index in [1.807, 2.05) is 18.2 Å². The highest BCUT2D eigenvalue weighted by Gasteiger charge is 2.21. The Kier molecular flexibility index (Phi) is 6.46. The molecule has 182 valence electrons. The van der Waals surface area contributed by atoms with Crippen LogP contribution in [0.4, 0.5) is 5.69 Å². The minimum atomic E-state index is 0.525. The van der Waals surface area contributed by atoms with Crippen molar-refractivity contribution in [1.82, 2.24) is 14.9 Å². The largest absolute Gasteiger partial charge is 0.493 e. The molecule has 1 fully saturated rings. The van der Waals surface area contributed by atoms with Gasteiger partial charge >= 0.3 is 0 Å². The number of anilines is 1. The molecule has 1 saturated heterocycles.